The Bertz CT molecular complexity index is 985. The predicted octanol–water partition coefficient (Wildman–Crippen LogP) is 2.45. The van der Waals surface area contributed by atoms with Crippen LogP contribution in [0.3, 0.4) is 0 Å². The quantitative estimate of drug-likeness (QED) is 0.664. The number of para-hydroxylation sites is 1. The van der Waals surface area contributed by atoms with E-state index in [2.05, 4.69) is 23.6 Å². The van der Waals surface area contributed by atoms with E-state index in [9.17, 15) is 14.9 Å². The minimum Gasteiger partial charge on any atom is -0.322 e. The summed E-state index contributed by atoms with van der Waals surface area (Å²) in [4.78, 5) is 27.0. The van der Waals surface area contributed by atoms with E-state index in [-0.39, 0.29) is 24.9 Å². The number of fused-ring (bicyclic) bond motifs is 1. The molecule has 0 bridgehead atoms. The van der Waals surface area contributed by atoms with Crippen molar-refractivity contribution in [1.82, 2.24) is 0 Å². The lowest BCUT2D eigenvalue weighted by molar-refractivity contribution is -0.862. The first-order valence-electron chi connectivity index (χ1n) is 10.3. The third-order valence-electron chi connectivity index (χ3n) is 5.55. The number of hydrogen-bond acceptors (Lipinski definition) is 4. The fourth-order valence-electron chi connectivity index (χ4n) is 3.93. The zero-order valence-corrected chi connectivity index (χ0v) is 18.8. The summed E-state index contributed by atoms with van der Waals surface area (Å²) in [7, 11) is 1.82. The number of carbonyl (C=O) groups is 2. The number of quaternary nitrogens is 1. The Kier molecular flexibility index (Phi) is 6.91. The van der Waals surface area contributed by atoms with Crippen LogP contribution >= 0.6 is 11.3 Å². The zero-order valence-electron chi connectivity index (χ0n) is 18.0. The van der Waals surface area contributed by atoms with Gasteiger partial charge in [-0.3, -0.25) is 9.59 Å². The van der Waals surface area contributed by atoms with Crippen molar-refractivity contribution in [3.63, 3.8) is 0 Å². The Morgan fingerprint density at radius 2 is 1.83 bits per heavy atom. The van der Waals surface area contributed by atoms with Gasteiger partial charge in [0.1, 0.15) is 11.1 Å². The van der Waals surface area contributed by atoms with Gasteiger partial charge in [-0.15, -0.1) is 11.3 Å². The summed E-state index contributed by atoms with van der Waals surface area (Å²) in [6.45, 7) is 6.48. The SMILES string of the molecule is Cc1cccc(C)c1NC(=O)C[NH+](C)CC(=O)Nc1sc2c(c1C#N)CC[C@H](C)C2. The van der Waals surface area contributed by atoms with Crippen molar-refractivity contribution < 1.29 is 14.5 Å². The monoisotopic (exact) mass is 425 g/mol. The molecule has 0 saturated carbocycles. The Hall–Kier alpha value is -2.69. The molecular weight excluding hydrogens is 396 g/mol. The molecular formula is C23H29N4O2S+. The first-order valence-corrected chi connectivity index (χ1v) is 11.1. The molecule has 2 aromatic rings. The van der Waals surface area contributed by atoms with Crippen LogP contribution in [0.15, 0.2) is 18.2 Å². The number of nitrogens with zero attached hydrogens (tertiary/aromatic N) is 1. The molecule has 0 spiro atoms. The van der Waals surface area contributed by atoms with Crippen LogP contribution in [-0.2, 0) is 22.4 Å². The molecule has 2 amide bonds. The number of amides is 2. The highest BCUT2D eigenvalue weighted by Crippen LogP contribution is 2.39. The standard InChI is InChI=1S/C23H28N4O2S/c1-14-8-9-17-18(11-24)23(30-19(17)10-14)26-21(29)13-27(4)12-20(28)25-22-15(2)6-5-7-16(22)3/h5-7,14H,8-10,12-13H2,1-4H3,(H,25,28)(H,26,29)/p+1/t14-/m0/s1. The Labute approximate surface area is 181 Å². The number of carbonyl (C=O) groups excluding carboxylic acids is 2. The number of rotatable bonds is 6. The van der Waals surface area contributed by atoms with Gasteiger partial charge in [-0.25, -0.2) is 0 Å². The van der Waals surface area contributed by atoms with Gasteiger partial charge in [-0.2, -0.15) is 5.26 Å². The van der Waals surface area contributed by atoms with Crippen LogP contribution in [-0.4, -0.2) is 32.0 Å². The predicted molar refractivity (Wildman–Crippen MR) is 120 cm³/mol. The smallest absolute Gasteiger partial charge is 0.280 e. The van der Waals surface area contributed by atoms with Crippen LogP contribution in [0.1, 0.15) is 40.5 Å². The van der Waals surface area contributed by atoms with Crippen LogP contribution in [0.5, 0.6) is 0 Å². The molecule has 0 saturated heterocycles. The Morgan fingerprint density at radius 3 is 2.47 bits per heavy atom. The van der Waals surface area contributed by atoms with Gasteiger partial charge in [0.15, 0.2) is 13.1 Å². The summed E-state index contributed by atoms with van der Waals surface area (Å²) in [6.07, 6.45) is 2.94. The molecule has 1 aliphatic rings. The molecule has 1 unspecified atom stereocenters. The number of likely N-dealkylation sites (N-methyl/N-ethyl adjacent to an activating group) is 1. The molecule has 3 N–H and O–H groups in total. The van der Waals surface area contributed by atoms with Gasteiger partial charge in [0.05, 0.1) is 12.6 Å². The number of nitriles is 1. The lowest BCUT2D eigenvalue weighted by atomic mass is 9.89. The number of aryl methyl sites for hydroxylation is 2. The fraction of sp³-hybridized carbons (Fsp3) is 0.435. The average Bonchev–Trinajstić information content (AvgIpc) is 3.00. The van der Waals surface area contributed by atoms with Crippen LogP contribution in [0.4, 0.5) is 10.7 Å². The summed E-state index contributed by atoms with van der Waals surface area (Å²) in [5.41, 5.74) is 4.57. The van der Waals surface area contributed by atoms with Gasteiger partial charge in [-0.05, 0) is 55.7 Å². The van der Waals surface area contributed by atoms with Crippen molar-refractivity contribution in [1.29, 1.82) is 5.26 Å². The summed E-state index contributed by atoms with van der Waals surface area (Å²) in [5.74, 6) is 0.295. The van der Waals surface area contributed by atoms with Crippen molar-refractivity contribution in [3.05, 3.63) is 45.3 Å². The molecule has 30 heavy (non-hydrogen) atoms. The van der Waals surface area contributed by atoms with Crippen LogP contribution in [0.2, 0.25) is 0 Å². The lowest BCUT2D eigenvalue weighted by Gasteiger charge is -2.17. The van der Waals surface area contributed by atoms with E-state index in [0.29, 0.717) is 16.5 Å². The molecule has 1 aromatic heterocycles. The minimum atomic E-state index is -0.185. The van der Waals surface area contributed by atoms with Crippen molar-refractivity contribution in [3.8, 4) is 6.07 Å². The number of nitrogens with one attached hydrogen (secondary N) is 3. The second-order valence-electron chi connectivity index (χ2n) is 8.34. The van der Waals surface area contributed by atoms with Crippen LogP contribution < -0.4 is 15.5 Å². The second kappa shape index (κ2) is 9.41. The van der Waals surface area contributed by atoms with Gasteiger partial charge in [-0.1, -0.05) is 25.1 Å². The number of anilines is 2. The van der Waals surface area contributed by atoms with Gasteiger partial charge in [0, 0.05) is 10.6 Å². The van der Waals surface area contributed by atoms with Crippen molar-refractivity contribution in [2.75, 3.05) is 30.8 Å². The third-order valence-corrected chi connectivity index (χ3v) is 6.72. The van der Waals surface area contributed by atoms with E-state index in [1.807, 2.05) is 39.1 Å². The van der Waals surface area contributed by atoms with E-state index in [0.717, 1.165) is 46.5 Å². The molecule has 2 atom stereocenters. The Balaban J connectivity index is 1.58. The molecule has 0 fully saturated rings. The fourth-order valence-corrected chi connectivity index (χ4v) is 5.31. The molecule has 0 aliphatic heterocycles. The van der Waals surface area contributed by atoms with Crippen LogP contribution in [0, 0.1) is 31.1 Å². The molecule has 1 heterocycles. The van der Waals surface area contributed by atoms with Crippen molar-refractivity contribution in [2.45, 2.75) is 40.0 Å². The summed E-state index contributed by atoms with van der Waals surface area (Å²) in [6, 6.07) is 8.15. The molecule has 158 valence electrons. The van der Waals surface area contributed by atoms with E-state index in [4.69, 9.17) is 0 Å². The van der Waals surface area contributed by atoms with E-state index >= 15 is 0 Å². The maximum Gasteiger partial charge on any atom is 0.280 e. The highest BCUT2D eigenvalue weighted by molar-refractivity contribution is 7.16. The Morgan fingerprint density at radius 1 is 1.20 bits per heavy atom. The highest BCUT2D eigenvalue weighted by atomic mass is 32.1. The molecule has 0 radical (unpaired) electrons. The minimum absolute atomic E-state index is 0.129. The number of thiophene rings is 1. The van der Waals surface area contributed by atoms with Gasteiger partial charge < -0.3 is 15.5 Å². The van der Waals surface area contributed by atoms with Gasteiger partial charge in [0.25, 0.3) is 11.8 Å². The third kappa shape index (κ3) is 5.07. The highest BCUT2D eigenvalue weighted by Gasteiger charge is 2.25. The van der Waals surface area contributed by atoms with Crippen molar-refractivity contribution in [2.24, 2.45) is 5.92 Å². The maximum absolute atomic E-state index is 12.5. The summed E-state index contributed by atoms with van der Waals surface area (Å²) in [5, 5.41) is 16.1. The summed E-state index contributed by atoms with van der Waals surface area (Å²) < 4.78 is 0. The molecule has 1 aliphatic carbocycles. The molecule has 6 nitrogen and oxygen atoms in total. The number of hydrogen-bond donors (Lipinski definition) is 3. The summed E-state index contributed by atoms with van der Waals surface area (Å²) >= 11 is 1.52. The van der Waals surface area contributed by atoms with E-state index in [1.54, 1.807) is 0 Å². The van der Waals surface area contributed by atoms with Gasteiger partial charge in [0.2, 0.25) is 0 Å². The van der Waals surface area contributed by atoms with Crippen molar-refractivity contribution >= 4 is 33.8 Å². The normalized spacial score (nSPS) is 16.3. The molecule has 1 aromatic carbocycles. The van der Waals surface area contributed by atoms with Crippen LogP contribution in [0.25, 0.3) is 0 Å². The average molecular weight is 426 g/mol. The molecule has 7 heteroatoms. The second-order valence-corrected chi connectivity index (χ2v) is 9.45. The first-order chi connectivity index (χ1) is 14.3. The maximum atomic E-state index is 12.5. The molecule has 3 rings (SSSR count). The zero-order chi connectivity index (χ0) is 21.8. The number of benzene rings is 1. The first kappa shape index (κ1) is 22.0. The lowest BCUT2D eigenvalue weighted by Crippen LogP contribution is -3.11. The largest absolute Gasteiger partial charge is 0.322 e. The van der Waals surface area contributed by atoms with Gasteiger partial charge >= 0.3 is 0 Å². The van der Waals surface area contributed by atoms with E-state index < -0.39 is 0 Å². The topological polar surface area (TPSA) is 86.4 Å². The van der Waals surface area contributed by atoms with E-state index in [1.165, 1.54) is 16.2 Å².